The fraction of sp³-hybridized carbons (Fsp3) is 0.562. The van der Waals surface area contributed by atoms with Crippen LogP contribution >= 0.6 is 0 Å². The molecular weight excluding hydrogens is 292 g/mol. The van der Waals surface area contributed by atoms with Crippen LogP contribution in [0.25, 0.3) is 5.69 Å². The molecule has 1 aromatic carbocycles. The Morgan fingerprint density at radius 3 is 2.65 bits per heavy atom. The van der Waals surface area contributed by atoms with E-state index in [0.29, 0.717) is 11.9 Å². The molecule has 2 heterocycles. The average molecular weight is 316 g/mol. The van der Waals surface area contributed by atoms with Gasteiger partial charge in [-0.25, -0.2) is 0 Å². The number of nitrogens with one attached hydrogen (secondary N) is 1. The second-order valence-corrected chi connectivity index (χ2v) is 6.14. The summed E-state index contributed by atoms with van der Waals surface area (Å²) < 4.78 is 1.74. The Kier molecular flexibility index (Phi) is 5.19. The lowest BCUT2D eigenvalue weighted by molar-refractivity contribution is 0.151. The SMILES string of the molecule is Cc1ccc(-n2nnnc2NCC2CCN(CCO)CC2)cc1. The molecule has 0 spiro atoms. The van der Waals surface area contributed by atoms with Crippen LogP contribution in [0.15, 0.2) is 24.3 Å². The van der Waals surface area contributed by atoms with E-state index in [9.17, 15) is 0 Å². The van der Waals surface area contributed by atoms with E-state index in [1.54, 1.807) is 4.68 Å². The molecule has 0 amide bonds. The molecule has 7 heteroatoms. The number of aryl methyl sites for hydroxylation is 1. The molecule has 2 aromatic rings. The maximum Gasteiger partial charge on any atom is 0.247 e. The van der Waals surface area contributed by atoms with Gasteiger partial charge in [-0.2, -0.15) is 4.68 Å². The summed E-state index contributed by atoms with van der Waals surface area (Å²) in [6, 6.07) is 8.14. The normalized spacial score (nSPS) is 16.6. The van der Waals surface area contributed by atoms with Crippen molar-refractivity contribution < 1.29 is 5.11 Å². The zero-order valence-corrected chi connectivity index (χ0v) is 13.5. The molecule has 1 saturated heterocycles. The minimum atomic E-state index is 0.244. The molecule has 3 rings (SSSR count). The number of tetrazole rings is 1. The highest BCUT2D eigenvalue weighted by Crippen LogP contribution is 2.18. The van der Waals surface area contributed by atoms with Crippen molar-refractivity contribution in [3.05, 3.63) is 29.8 Å². The van der Waals surface area contributed by atoms with Crippen LogP contribution in [0.2, 0.25) is 0 Å². The smallest absolute Gasteiger partial charge is 0.247 e. The number of anilines is 1. The summed E-state index contributed by atoms with van der Waals surface area (Å²) in [7, 11) is 0. The van der Waals surface area contributed by atoms with Crippen LogP contribution in [-0.2, 0) is 0 Å². The van der Waals surface area contributed by atoms with Crippen LogP contribution in [0.5, 0.6) is 0 Å². The number of aliphatic hydroxyl groups is 1. The molecule has 0 aliphatic carbocycles. The molecular formula is C16H24N6O. The van der Waals surface area contributed by atoms with Crippen molar-refractivity contribution in [2.45, 2.75) is 19.8 Å². The van der Waals surface area contributed by atoms with E-state index in [-0.39, 0.29) is 6.61 Å². The molecule has 0 saturated carbocycles. The van der Waals surface area contributed by atoms with E-state index in [0.717, 1.165) is 44.7 Å². The quantitative estimate of drug-likeness (QED) is 0.830. The average Bonchev–Trinajstić information content (AvgIpc) is 3.04. The van der Waals surface area contributed by atoms with Gasteiger partial charge in [-0.1, -0.05) is 22.8 Å². The summed E-state index contributed by atoms with van der Waals surface area (Å²) in [5.41, 5.74) is 2.17. The Morgan fingerprint density at radius 1 is 1.22 bits per heavy atom. The summed E-state index contributed by atoms with van der Waals surface area (Å²) >= 11 is 0. The third-order valence-electron chi connectivity index (χ3n) is 4.42. The second-order valence-electron chi connectivity index (χ2n) is 6.14. The molecule has 0 atom stereocenters. The second kappa shape index (κ2) is 7.52. The van der Waals surface area contributed by atoms with Crippen molar-refractivity contribution in [2.24, 2.45) is 5.92 Å². The Bertz CT molecular complexity index is 603. The lowest BCUT2D eigenvalue weighted by Crippen LogP contribution is -2.37. The minimum Gasteiger partial charge on any atom is -0.395 e. The lowest BCUT2D eigenvalue weighted by atomic mass is 9.97. The first-order valence-electron chi connectivity index (χ1n) is 8.19. The molecule has 1 aliphatic rings. The van der Waals surface area contributed by atoms with E-state index in [1.165, 1.54) is 5.56 Å². The molecule has 23 heavy (non-hydrogen) atoms. The standard InChI is InChI=1S/C16H24N6O/c1-13-2-4-15(5-3-13)22-16(18-19-20-22)17-12-14-6-8-21(9-7-14)10-11-23/h2-5,14,23H,6-12H2,1H3,(H,17,18,20). The van der Waals surface area contributed by atoms with E-state index in [1.807, 2.05) is 12.1 Å². The number of hydrogen-bond acceptors (Lipinski definition) is 6. The first-order valence-corrected chi connectivity index (χ1v) is 8.19. The predicted octanol–water partition coefficient (Wildman–Crippen LogP) is 1.09. The van der Waals surface area contributed by atoms with Gasteiger partial charge in [-0.05, 0) is 61.3 Å². The Labute approximate surface area is 136 Å². The van der Waals surface area contributed by atoms with Crippen LogP contribution in [-0.4, -0.2) is 63.0 Å². The Morgan fingerprint density at radius 2 is 1.96 bits per heavy atom. The van der Waals surface area contributed by atoms with Gasteiger partial charge in [0.15, 0.2) is 0 Å². The number of rotatable bonds is 6. The van der Waals surface area contributed by atoms with Crippen molar-refractivity contribution >= 4 is 5.95 Å². The van der Waals surface area contributed by atoms with E-state index < -0.39 is 0 Å². The number of hydrogen-bond donors (Lipinski definition) is 2. The van der Waals surface area contributed by atoms with Gasteiger partial charge in [-0.3, -0.25) is 0 Å². The number of aliphatic hydroxyl groups excluding tert-OH is 1. The topological polar surface area (TPSA) is 79.1 Å². The van der Waals surface area contributed by atoms with Crippen LogP contribution in [0.3, 0.4) is 0 Å². The zero-order chi connectivity index (χ0) is 16.1. The molecule has 2 N–H and O–H groups in total. The van der Waals surface area contributed by atoms with E-state index >= 15 is 0 Å². The summed E-state index contributed by atoms with van der Waals surface area (Å²) in [5, 5.41) is 24.3. The van der Waals surface area contributed by atoms with E-state index in [4.69, 9.17) is 5.11 Å². The largest absolute Gasteiger partial charge is 0.395 e. The van der Waals surface area contributed by atoms with Gasteiger partial charge in [0.05, 0.1) is 12.3 Å². The zero-order valence-electron chi connectivity index (χ0n) is 13.5. The van der Waals surface area contributed by atoms with Gasteiger partial charge in [0, 0.05) is 13.1 Å². The maximum absolute atomic E-state index is 8.99. The Balaban J connectivity index is 1.56. The fourth-order valence-corrected chi connectivity index (χ4v) is 2.95. The first kappa shape index (κ1) is 15.9. The van der Waals surface area contributed by atoms with Crippen LogP contribution in [0.1, 0.15) is 18.4 Å². The number of benzene rings is 1. The summed E-state index contributed by atoms with van der Waals surface area (Å²) in [4.78, 5) is 2.31. The molecule has 0 bridgehead atoms. The van der Waals surface area contributed by atoms with Crippen molar-refractivity contribution in [1.29, 1.82) is 0 Å². The third-order valence-corrected chi connectivity index (χ3v) is 4.42. The van der Waals surface area contributed by atoms with Crippen molar-refractivity contribution in [3.63, 3.8) is 0 Å². The number of likely N-dealkylation sites (tertiary alicyclic amines) is 1. The third kappa shape index (κ3) is 4.05. The molecule has 7 nitrogen and oxygen atoms in total. The lowest BCUT2D eigenvalue weighted by Gasteiger charge is -2.31. The summed E-state index contributed by atoms with van der Waals surface area (Å²) in [6.45, 7) is 6.07. The van der Waals surface area contributed by atoms with Gasteiger partial charge in [-0.15, -0.1) is 0 Å². The maximum atomic E-state index is 8.99. The van der Waals surface area contributed by atoms with Gasteiger partial charge in [0.1, 0.15) is 0 Å². The molecule has 1 fully saturated rings. The summed E-state index contributed by atoms with van der Waals surface area (Å²) in [6.07, 6.45) is 2.28. The van der Waals surface area contributed by atoms with Gasteiger partial charge >= 0.3 is 0 Å². The number of aromatic nitrogens is 4. The number of nitrogens with zero attached hydrogens (tertiary/aromatic N) is 5. The molecule has 0 radical (unpaired) electrons. The predicted molar refractivity (Wildman–Crippen MR) is 88.6 cm³/mol. The molecule has 124 valence electrons. The van der Waals surface area contributed by atoms with Gasteiger partial charge in [0.25, 0.3) is 0 Å². The first-order chi connectivity index (χ1) is 11.3. The van der Waals surface area contributed by atoms with Crippen LogP contribution < -0.4 is 5.32 Å². The number of piperidine rings is 1. The van der Waals surface area contributed by atoms with Crippen molar-refractivity contribution in [1.82, 2.24) is 25.1 Å². The highest BCUT2D eigenvalue weighted by molar-refractivity contribution is 5.39. The van der Waals surface area contributed by atoms with Crippen LogP contribution in [0, 0.1) is 12.8 Å². The molecule has 0 unspecified atom stereocenters. The Hall–Kier alpha value is -1.99. The highest BCUT2D eigenvalue weighted by Gasteiger charge is 2.19. The van der Waals surface area contributed by atoms with Gasteiger partial charge in [0.2, 0.25) is 5.95 Å². The molecule has 1 aliphatic heterocycles. The van der Waals surface area contributed by atoms with E-state index in [2.05, 4.69) is 44.8 Å². The minimum absolute atomic E-state index is 0.244. The van der Waals surface area contributed by atoms with Crippen molar-refractivity contribution in [2.75, 3.05) is 38.1 Å². The summed E-state index contributed by atoms with van der Waals surface area (Å²) in [5.74, 6) is 1.31. The monoisotopic (exact) mass is 316 g/mol. The fourth-order valence-electron chi connectivity index (χ4n) is 2.95. The van der Waals surface area contributed by atoms with Crippen molar-refractivity contribution in [3.8, 4) is 5.69 Å². The van der Waals surface area contributed by atoms with Gasteiger partial charge < -0.3 is 15.3 Å². The highest BCUT2D eigenvalue weighted by atomic mass is 16.3. The van der Waals surface area contributed by atoms with Crippen LogP contribution in [0.4, 0.5) is 5.95 Å². The number of β-amino-alcohol motifs (C(OH)–C–C–N with tert-alkyl or cyclic N) is 1. The molecule has 1 aromatic heterocycles.